The fraction of sp³-hybridized carbons (Fsp3) is 0.636. The first kappa shape index (κ1) is 11.9. The maximum absolute atomic E-state index is 11.3. The van der Waals surface area contributed by atoms with E-state index in [9.17, 15) is 9.59 Å². The van der Waals surface area contributed by atoms with Crippen LogP contribution >= 0.6 is 0 Å². The number of carboxylic acids is 1. The maximum atomic E-state index is 11.3. The second-order valence-corrected chi connectivity index (χ2v) is 4.42. The van der Waals surface area contributed by atoms with E-state index < -0.39 is 17.7 Å². The molecular weight excluding hydrogens is 226 g/mol. The number of carbonyl (C=O) groups excluding carboxylic acids is 1. The molecule has 0 aromatic heterocycles. The molecule has 2 saturated heterocycles. The van der Waals surface area contributed by atoms with Gasteiger partial charge in [0.05, 0.1) is 12.6 Å². The van der Waals surface area contributed by atoms with Crippen LogP contribution in [0.4, 0.5) is 4.79 Å². The normalized spacial score (nSPS) is 34.4. The van der Waals surface area contributed by atoms with Crippen molar-refractivity contribution in [3.8, 4) is 0 Å². The molecule has 0 aromatic rings. The van der Waals surface area contributed by atoms with Gasteiger partial charge in [-0.3, -0.25) is 0 Å². The van der Waals surface area contributed by atoms with Crippen molar-refractivity contribution >= 4 is 12.1 Å². The van der Waals surface area contributed by atoms with Gasteiger partial charge in [-0.2, -0.15) is 0 Å². The van der Waals surface area contributed by atoms with Gasteiger partial charge in [-0.05, 0) is 18.8 Å². The number of fused-ring (bicyclic) bond motifs is 2. The van der Waals surface area contributed by atoms with E-state index in [1.165, 1.54) is 6.08 Å². The van der Waals surface area contributed by atoms with E-state index in [0.717, 1.165) is 0 Å². The minimum absolute atomic E-state index is 0.156. The smallest absolute Gasteiger partial charge is 0.407 e. The summed E-state index contributed by atoms with van der Waals surface area (Å²) in [5.74, 6) is -0.752. The molecule has 2 aliphatic heterocycles. The summed E-state index contributed by atoms with van der Waals surface area (Å²) in [7, 11) is 0. The average Bonchev–Trinajstić information content (AvgIpc) is 2.25. The van der Waals surface area contributed by atoms with E-state index in [4.69, 9.17) is 14.6 Å². The predicted molar refractivity (Wildman–Crippen MR) is 57.5 cm³/mol. The molecule has 1 saturated carbocycles. The summed E-state index contributed by atoms with van der Waals surface area (Å²) in [4.78, 5) is 22.2. The van der Waals surface area contributed by atoms with E-state index in [1.807, 2.05) is 0 Å². The van der Waals surface area contributed by atoms with Crippen LogP contribution in [-0.2, 0) is 14.3 Å². The topological polar surface area (TPSA) is 84.9 Å². The Labute approximate surface area is 98.6 Å². The quantitative estimate of drug-likeness (QED) is 0.701. The molecule has 6 heteroatoms. The molecule has 2 heterocycles. The monoisotopic (exact) mass is 241 g/mol. The van der Waals surface area contributed by atoms with Crippen molar-refractivity contribution in [2.75, 3.05) is 13.2 Å². The van der Waals surface area contributed by atoms with Crippen LogP contribution in [0.5, 0.6) is 0 Å². The Morgan fingerprint density at radius 3 is 2.76 bits per heavy atom. The molecule has 6 nitrogen and oxygen atoms in total. The Morgan fingerprint density at radius 2 is 2.29 bits per heavy atom. The largest absolute Gasteiger partial charge is 0.479 e. The summed E-state index contributed by atoms with van der Waals surface area (Å²) >= 11 is 0. The molecule has 1 unspecified atom stereocenters. The highest BCUT2D eigenvalue weighted by Crippen LogP contribution is 2.47. The van der Waals surface area contributed by atoms with E-state index in [0.29, 0.717) is 12.8 Å². The van der Waals surface area contributed by atoms with Crippen LogP contribution in [0.25, 0.3) is 0 Å². The Morgan fingerprint density at radius 1 is 1.59 bits per heavy atom. The summed E-state index contributed by atoms with van der Waals surface area (Å²) in [6.07, 6.45) is 1.87. The summed E-state index contributed by atoms with van der Waals surface area (Å²) in [6, 6.07) is -0.159. The van der Waals surface area contributed by atoms with Crippen LogP contribution < -0.4 is 5.32 Å². The number of carbonyl (C=O) groups is 2. The third-order valence-electron chi connectivity index (χ3n) is 3.32. The molecule has 17 heavy (non-hydrogen) atoms. The van der Waals surface area contributed by atoms with Gasteiger partial charge in [-0.15, -0.1) is 0 Å². The van der Waals surface area contributed by atoms with E-state index in [-0.39, 0.29) is 25.2 Å². The van der Waals surface area contributed by atoms with Crippen molar-refractivity contribution in [1.82, 2.24) is 5.32 Å². The van der Waals surface area contributed by atoms with E-state index in [1.54, 1.807) is 0 Å². The minimum atomic E-state index is -1.01. The lowest BCUT2D eigenvalue weighted by molar-refractivity contribution is -0.213. The summed E-state index contributed by atoms with van der Waals surface area (Å²) in [5, 5.41) is 11.6. The standard InChI is InChI=1S/C11H15NO5/c1-2-3-16-10(15)12-8-6-17-11(9(13)14)4-7(8)5-11/h2,7-8H,1,3-6H2,(H,12,15)(H,13,14). The Hall–Kier alpha value is -1.56. The lowest BCUT2D eigenvalue weighted by atomic mass is 9.65. The molecule has 2 N–H and O–H groups in total. The summed E-state index contributed by atoms with van der Waals surface area (Å²) in [6.45, 7) is 3.81. The van der Waals surface area contributed by atoms with Gasteiger partial charge >= 0.3 is 12.1 Å². The first-order valence-electron chi connectivity index (χ1n) is 5.49. The fourth-order valence-electron chi connectivity index (χ4n) is 2.30. The van der Waals surface area contributed by atoms with Gasteiger partial charge in [-0.1, -0.05) is 12.7 Å². The Bertz CT molecular complexity index is 342. The van der Waals surface area contributed by atoms with Gasteiger partial charge < -0.3 is 19.9 Å². The van der Waals surface area contributed by atoms with Crippen molar-refractivity contribution in [2.45, 2.75) is 24.5 Å². The van der Waals surface area contributed by atoms with Crippen LogP contribution in [0, 0.1) is 5.92 Å². The highest BCUT2D eigenvalue weighted by Gasteiger charge is 2.58. The molecule has 3 fully saturated rings. The van der Waals surface area contributed by atoms with Crippen molar-refractivity contribution in [3.63, 3.8) is 0 Å². The lowest BCUT2D eigenvalue weighted by Crippen LogP contribution is -2.65. The molecule has 0 radical (unpaired) electrons. The second-order valence-electron chi connectivity index (χ2n) is 4.42. The van der Waals surface area contributed by atoms with Gasteiger partial charge in [0, 0.05) is 0 Å². The van der Waals surface area contributed by atoms with Crippen molar-refractivity contribution in [2.24, 2.45) is 5.92 Å². The number of ether oxygens (including phenoxy) is 2. The SMILES string of the molecule is C=CCOC(=O)NC1COC2(C(=O)O)CC1C2. The number of rotatable bonds is 4. The number of alkyl carbamates (subject to hydrolysis) is 1. The van der Waals surface area contributed by atoms with Crippen LogP contribution in [0.1, 0.15) is 12.8 Å². The highest BCUT2D eigenvalue weighted by molar-refractivity contribution is 5.79. The number of aliphatic carboxylic acids is 1. The zero-order valence-corrected chi connectivity index (χ0v) is 9.35. The molecule has 1 amide bonds. The third kappa shape index (κ3) is 2.12. The van der Waals surface area contributed by atoms with Gasteiger partial charge in [0.15, 0.2) is 5.60 Å². The summed E-state index contributed by atoms with van der Waals surface area (Å²) in [5.41, 5.74) is -1.01. The zero-order valence-electron chi connectivity index (χ0n) is 9.35. The number of amides is 1. The van der Waals surface area contributed by atoms with Crippen molar-refractivity contribution in [1.29, 1.82) is 0 Å². The molecule has 3 aliphatic rings. The Balaban J connectivity index is 1.81. The number of hydrogen-bond acceptors (Lipinski definition) is 4. The molecule has 1 atom stereocenters. The zero-order chi connectivity index (χ0) is 12.5. The van der Waals surface area contributed by atoms with Crippen molar-refractivity contribution < 1.29 is 24.2 Å². The number of carboxylic acid groups (broad SMARTS) is 1. The number of nitrogens with one attached hydrogen (secondary N) is 1. The van der Waals surface area contributed by atoms with Gasteiger partial charge in [0.1, 0.15) is 6.61 Å². The molecule has 3 rings (SSSR count). The van der Waals surface area contributed by atoms with Gasteiger partial charge in [0.2, 0.25) is 0 Å². The Kier molecular flexibility index (Phi) is 3.06. The van der Waals surface area contributed by atoms with E-state index in [2.05, 4.69) is 11.9 Å². The van der Waals surface area contributed by atoms with Gasteiger partial charge in [0.25, 0.3) is 0 Å². The lowest BCUT2D eigenvalue weighted by Gasteiger charge is -2.52. The van der Waals surface area contributed by atoms with Crippen LogP contribution in [0.2, 0.25) is 0 Å². The van der Waals surface area contributed by atoms with Gasteiger partial charge in [-0.25, -0.2) is 9.59 Å². The molecule has 1 aliphatic carbocycles. The van der Waals surface area contributed by atoms with Crippen LogP contribution in [0.3, 0.4) is 0 Å². The molecular formula is C11H15NO5. The first-order valence-corrected chi connectivity index (χ1v) is 5.49. The highest BCUT2D eigenvalue weighted by atomic mass is 16.6. The van der Waals surface area contributed by atoms with Crippen LogP contribution in [-0.4, -0.2) is 42.0 Å². The molecule has 0 aromatic carbocycles. The minimum Gasteiger partial charge on any atom is -0.479 e. The number of hydrogen-bond donors (Lipinski definition) is 2. The predicted octanol–water partition coefficient (Wildman–Crippen LogP) is 0.531. The molecule has 0 spiro atoms. The summed E-state index contributed by atoms with van der Waals surface area (Å²) < 4.78 is 10.1. The molecule has 94 valence electrons. The maximum Gasteiger partial charge on any atom is 0.407 e. The fourth-order valence-corrected chi connectivity index (χ4v) is 2.30. The van der Waals surface area contributed by atoms with Crippen LogP contribution in [0.15, 0.2) is 12.7 Å². The van der Waals surface area contributed by atoms with E-state index >= 15 is 0 Å². The first-order chi connectivity index (χ1) is 8.07. The van der Waals surface area contributed by atoms with Crippen molar-refractivity contribution in [3.05, 3.63) is 12.7 Å². The average molecular weight is 241 g/mol. The second kappa shape index (κ2) is 4.37. The molecule has 2 bridgehead atoms. The third-order valence-corrected chi connectivity index (χ3v) is 3.32.